The van der Waals surface area contributed by atoms with Crippen LogP contribution in [-0.2, 0) is 4.79 Å². The highest BCUT2D eigenvalue weighted by Gasteiger charge is 2.23. The van der Waals surface area contributed by atoms with Crippen molar-refractivity contribution in [3.63, 3.8) is 0 Å². The van der Waals surface area contributed by atoms with Gasteiger partial charge in [-0.1, -0.05) is 23.2 Å². The lowest BCUT2D eigenvalue weighted by Crippen LogP contribution is -2.14. The molecule has 124 valence electrons. The number of benzene rings is 2. The Kier molecular flexibility index (Phi) is 5.38. The highest BCUT2D eigenvalue weighted by molar-refractivity contribution is 6.41. The van der Waals surface area contributed by atoms with E-state index in [-0.39, 0.29) is 21.5 Å². The molecule has 0 saturated carbocycles. The van der Waals surface area contributed by atoms with Crippen molar-refractivity contribution in [2.24, 2.45) is 0 Å². The van der Waals surface area contributed by atoms with Crippen LogP contribution in [0.1, 0.15) is 17.3 Å². The van der Waals surface area contributed by atoms with Gasteiger partial charge in [0.25, 0.3) is 11.6 Å². The molecular formula is C15H11Cl2N3O4. The first kappa shape index (κ1) is 17.7. The summed E-state index contributed by atoms with van der Waals surface area (Å²) in [5, 5.41) is 15.7. The molecule has 2 amide bonds. The topological polar surface area (TPSA) is 101 Å². The van der Waals surface area contributed by atoms with Crippen molar-refractivity contribution in [1.29, 1.82) is 0 Å². The molecule has 0 bridgehead atoms. The number of anilines is 2. The van der Waals surface area contributed by atoms with Crippen LogP contribution in [0.2, 0.25) is 10.0 Å². The standard InChI is InChI=1S/C15H11Cl2N3O4/c1-8(21)18-9-2-4-10(5-3-9)19-15(22)13-11(16)6-7-12(14(13)17)20(23)24/h2-7H,1H3,(H,18,21)(H,19,22). The molecule has 0 saturated heterocycles. The smallest absolute Gasteiger partial charge is 0.288 e. The first-order valence-corrected chi connectivity index (χ1v) is 7.36. The zero-order valence-electron chi connectivity index (χ0n) is 12.3. The number of halogens is 2. The van der Waals surface area contributed by atoms with E-state index in [4.69, 9.17) is 23.2 Å². The summed E-state index contributed by atoms with van der Waals surface area (Å²) in [6.45, 7) is 1.38. The minimum Gasteiger partial charge on any atom is -0.326 e. The van der Waals surface area contributed by atoms with Crippen molar-refractivity contribution >= 4 is 52.1 Å². The Morgan fingerprint density at radius 1 is 1.00 bits per heavy atom. The van der Waals surface area contributed by atoms with E-state index < -0.39 is 16.5 Å². The van der Waals surface area contributed by atoms with Crippen LogP contribution < -0.4 is 10.6 Å². The zero-order chi connectivity index (χ0) is 17.9. The van der Waals surface area contributed by atoms with Gasteiger partial charge in [-0.25, -0.2) is 0 Å². The van der Waals surface area contributed by atoms with E-state index in [9.17, 15) is 19.7 Å². The Morgan fingerprint density at radius 2 is 1.54 bits per heavy atom. The second-order valence-corrected chi connectivity index (χ2v) is 5.51. The monoisotopic (exact) mass is 367 g/mol. The number of nitro groups is 1. The molecule has 2 N–H and O–H groups in total. The summed E-state index contributed by atoms with van der Waals surface area (Å²) >= 11 is 11.9. The molecule has 24 heavy (non-hydrogen) atoms. The van der Waals surface area contributed by atoms with Crippen LogP contribution in [0.25, 0.3) is 0 Å². The van der Waals surface area contributed by atoms with Crippen LogP contribution in [-0.4, -0.2) is 16.7 Å². The van der Waals surface area contributed by atoms with Gasteiger partial charge in [0, 0.05) is 24.4 Å². The number of nitro benzene ring substituents is 1. The number of carbonyl (C=O) groups is 2. The first-order chi connectivity index (χ1) is 11.3. The third kappa shape index (κ3) is 4.01. The van der Waals surface area contributed by atoms with Gasteiger partial charge in [0.1, 0.15) is 5.02 Å². The van der Waals surface area contributed by atoms with Gasteiger partial charge in [0.15, 0.2) is 0 Å². The molecule has 0 aliphatic rings. The van der Waals surface area contributed by atoms with Crippen LogP contribution in [0.4, 0.5) is 17.1 Å². The largest absolute Gasteiger partial charge is 0.326 e. The van der Waals surface area contributed by atoms with Crippen molar-refractivity contribution in [1.82, 2.24) is 0 Å². The molecule has 0 radical (unpaired) electrons. The second-order valence-electron chi connectivity index (χ2n) is 4.73. The van der Waals surface area contributed by atoms with Crippen LogP contribution in [0.15, 0.2) is 36.4 Å². The summed E-state index contributed by atoms with van der Waals surface area (Å²) in [6.07, 6.45) is 0. The van der Waals surface area contributed by atoms with Gasteiger partial charge in [-0.3, -0.25) is 19.7 Å². The predicted molar refractivity (Wildman–Crippen MR) is 91.8 cm³/mol. The minimum atomic E-state index is -0.697. The lowest BCUT2D eigenvalue weighted by molar-refractivity contribution is -0.384. The zero-order valence-corrected chi connectivity index (χ0v) is 13.8. The molecule has 2 rings (SSSR count). The summed E-state index contributed by atoms with van der Waals surface area (Å²) < 4.78 is 0. The predicted octanol–water partition coefficient (Wildman–Crippen LogP) is 4.11. The molecule has 0 aliphatic carbocycles. The third-order valence-corrected chi connectivity index (χ3v) is 3.66. The van der Waals surface area contributed by atoms with Crippen LogP contribution in [0.3, 0.4) is 0 Å². The highest BCUT2D eigenvalue weighted by Crippen LogP contribution is 2.33. The number of rotatable bonds is 4. The van der Waals surface area contributed by atoms with Gasteiger partial charge in [0.2, 0.25) is 5.91 Å². The molecule has 0 heterocycles. The van der Waals surface area contributed by atoms with E-state index in [2.05, 4.69) is 10.6 Å². The first-order valence-electron chi connectivity index (χ1n) is 6.61. The van der Waals surface area contributed by atoms with Gasteiger partial charge in [-0.2, -0.15) is 0 Å². The van der Waals surface area contributed by atoms with Crippen LogP contribution in [0.5, 0.6) is 0 Å². The molecule has 0 aromatic heterocycles. The number of nitrogens with zero attached hydrogens (tertiary/aromatic N) is 1. The summed E-state index contributed by atoms with van der Waals surface area (Å²) in [5.41, 5.74) is 0.380. The van der Waals surface area contributed by atoms with Gasteiger partial charge in [-0.05, 0) is 30.3 Å². The van der Waals surface area contributed by atoms with Crippen LogP contribution >= 0.6 is 23.2 Å². The second kappa shape index (κ2) is 7.29. The molecular weight excluding hydrogens is 357 g/mol. The lowest BCUT2D eigenvalue weighted by Gasteiger charge is -2.09. The van der Waals surface area contributed by atoms with Gasteiger partial charge < -0.3 is 10.6 Å². The molecule has 0 aliphatic heterocycles. The van der Waals surface area contributed by atoms with Gasteiger partial charge >= 0.3 is 0 Å². The molecule has 7 nitrogen and oxygen atoms in total. The Bertz CT molecular complexity index is 822. The fourth-order valence-corrected chi connectivity index (χ4v) is 2.54. The van der Waals surface area contributed by atoms with E-state index in [1.165, 1.54) is 13.0 Å². The quantitative estimate of drug-likeness (QED) is 0.626. The Morgan fingerprint density at radius 3 is 2.04 bits per heavy atom. The van der Waals surface area contributed by atoms with Crippen molar-refractivity contribution in [3.05, 3.63) is 62.1 Å². The van der Waals surface area contributed by atoms with Gasteiger partial charge in [0.05, 0.1) is 15.5 Å². The van der Waals surface area contributed by atoms with Gasteiger partial charge in [-0.15, -0.1) is 0 Å². The van der Waals surface area contributed by atoms with E-state index >= 15 is 0 Å². The highest BCUT2D eigenvalue weighted by atomic mass is 35.5. The van der Waals surface area contributed by atoms with E-state index in [1.54, 1.807) is 24.3 Å². The van der Waals surface area contributed by atoms with Crippen LogP contribution in [0, 0.1) is 10.1 Å². The van der Waals surface area contributed by atoms with E-state index in [0.29, 0.717) is 11.4 Å². The summed E-state index contributed by atoms with van der Waals surface area (Å²) in [7, 11) is 0. The molecule has 2 aromatic carbocycles. The number of hydrogen-bond acceptors (Lipinski definition) is 4. The Balaban J connectivity index is 2.25. The number of nitrogens with one attached hydrogen (secondary N) is 2. The number of amides is 2. The fraction of sp³-hybridized carbons (Fsp3) is 0.0667. The average molecular weight is 368 g/mol. The number of carbonyl (C=O) groups excluding carboxylic acids is 2. The SMILES string of the molecule is CC(=O)Nc1ccc(NC(=O)c2c(Cl)ccc([N+](=O)[O-])c2Cl)cc1. The summed E-state index contributed by atoms with van der Waals surface area (Å²) in [5.74, 6) is -0.900. The molecule has 0 atom stereocenters. The van der Waals surface area contributed by atoms with Crippen molar-refractivity contribution in [2.45, 2.75) is 6.92 Å². The van der Waals surface area contributed by atoms with Crippen molar-refractivity contribution in [3.8, 4) is 0 Å². The maximum absolute atomic E-state index is 12.3. The Labute approximate surface area is 146 Å². The Hall–Kier alpha value is -2.64. The molecule has 0 fully saturated rings. The molecule has 2 aromatic rings. The molecule has 0 spiro atoms. The average Bonchev–Trinajstić information content (AvgIpc) is 2.48. The maximum atomic E-state index is 12.3. The number of hydrogen-bond donors (Lipinski definition) is 2. The lowest BCUT2D eigenvalue weighted by atomic mass is 10.1. The van der Waals surface area contributed by atoms with Crippen molar-refractivity contribution < 1.29 is 14.5 Å². The fourth-order valence-electron chi connectivity index (χ4n) is 1.92. The molecule has 9 heteroatoms. The summed E-state index contributed by atoms with van der Waals surface area (Å²) in [6, 6.07) is 8.66. The van der Waals surface area contributed by atoms with Crippen molar-refractivity contribution in [2.75, 3.05) is 10.6 Å². The maximum Gasteiger partial charge on any atom is 0.288 e. The minimum absolute atomic E-state index is 0.00188. The molecule has 0 unspecified atom stereocenters. The summed E-state index contributed by atoms with van der Waals surface area (Å²) in [4.78, 5) is 33.5. The van der Waals surface area contributed by atoms with E-state index in [0.717, 1.165) is 6.07 Å². The normalized spacial score (nSPS) is 10.1. The third-order valence-electron chi connectivity index (χ3n) is 2.96. The van der Waals surface area contributed by atoms with E-state index in [1.807, 2.05) is 0 Å².